The van der Waals surface area contributed by atoms with Gasteiger partial charge in [-0.2, -0.15) is 0 Å². The minimum atomic E-state index is -0.641. The number of rotatable bonds is 3. The van der Waals surface area contributed by atoms with E-state index in [1.165, 1.54) is 10.0 Å². The van der Waals surface area contributed by atoms with Crippen LogP contribution in [0.25, 0.3) is 0 Å². The molecule has 2 aliphatic rings. The predicted octanol–water partition coefficient (Wildman–Crippen LogP) is 2.73. The number of ether oxygens (including phenoxy) is 1. The van der Waals surface area contributed by atoms with Crippen molar-refractivity contribution in [3.8, 4) is 0 Å². The Kier molecular flexibility index (Phi) is 4.56. The van der Waals surface area contributed by atoms with Crippen molar-refractivity contribution in [2.75, 3.05) is 24.0 Å². The Morgan fingerprint density at radius 2 is 1.93 bits per heavy atom. The fraction of sp³-hybridized carbons (Fsp3) is 0.211. The molecule has 2 aromatic carbocycles. The van der Waals surface area contributed by atoms with Crippen molar-refractivity contribution in [3.05, 3.63) is 59.1 Å². The minimum absolute atomic E-state index is 0.0120. The zero-order valence-corrected chi connectivity index (χ0v) is 16.1. The Bertz CT molecular complexity index is 962. The first-order valence-electron chi connectivity index (χ1n) is 8.74. The van der Waals surface area contributed by atoms with Gasteiger partial charge < -0.3 is 10.1 Å². The van der Waals surface area contributed by atoms with Gasteiger partial charge in [0.05, 0.1) is 23.5 Å². The number of nitrogens with one attached hydrogen (secondary N) is 1. The third kappa shape index (κ3) is 2.91. The number of hydrogen-bond donors (Lipinski definition) is 1. The first-order chi connectivity index (χ1) is 13.5. The van der Waals surface area contributed by atoms with Crippen LogP contribution in [0.4, 0.5) is 11.4 Å². The minimum Gasteiger partial charge on any atom is -0.460 e. The van der Waals surface area contributed by atoms with Gasteiger partial charge in [-0.15, -0.1) is 5.10 Å². The van der Waals surface area contributed by atoms with Gasteiger partial charge in [0, 0.05) is 12.1 Å². The quantitative estimate of drug-likeness (QED) is 0.800. The number of halogens is 1. The van der Waals surface area contributed by atoms with E-state index in [0.717, 1.165) is 0 Å². The molecule has 0 saturated carbocycles. The van der Waals surface area contributed by atoms with Gasteiger partial charge in [-0.3, -0.25) is 4.79 Å². The van der Waals surface area contributed by atoms with Crippen LogP contribution in [0.3, 0.4) is 0 Å². The molecule has 1 amide bonds. The number of para-hydroxylation sites is 1. The van der Waals surface area contributed by atoms with Gasteiger partial charge >= 0.3 is 5.97 Å². The molecule has 1 unspecified atom stereocenters. The lowest BCUT2D eigenvalue weighted by Crippen LogP contribution is -2.56. The number of carbonyl (C=O) groups is 2. The zero-order valence-electron chi connectivity index (χ0n) is 15.3. The molecule has 0 radical (unpaired) electrons. The van der Waals surface area contributed by atoms with Gasteiger partial charge in [0.1, 0.15) is 0 Å². The lowest BCUT2D eigenvalue weighted by atomic mass is 10.1. The second-order valence-electron chi connectivity index (χ2n) is 6.20. The maximum atomic E-state index is 13.0. The van der Waals surface area contributed by atoms with Crippen molar-refractivity contribution < 1.29 is 14.3 Å². The van der Waals surface area contributed by atoms with Gasteiger partial charge in [-0.05, 0) is 43.3 Å². The summed E-state index contributed by atoms with van der Waals surface area (Å²) in [5.41, 5.74) is 1.84. The molecule has 2 aliphatic heterocycles. The van der Waals surface area contributed by atoms with Crippen LogP contribution in [-0.2, 0) is 9.53 Å². The number of hydrazine groups is 1. The summed E-state index contributed by atoms with van der Waals surface area (Å²) >= 11 is 6.00. The van der Waals surface area contributed by atoms with Gasteiger partial charge in [0.15, 0.2) is 0 Å². The molecule has 1 N–H and O–H groups in total. The molecular formula is C19H18ClN5O3. The summed E-state index contributed by atoms with van der Waals surface area (Å²) in [7, 11) is 1.60. The first kappa shape index (κ1) is 18.1. The normalized spacial score (nSPS) is 18.1. The lowest BCUT2D eigenvalue weighted by Gasteiger charge is -2.34. The number of amides is 1. The van der Waals surface area contributed by atoms with E-state index >= 15 is 0 Å². The highest BCUT2D eigenvalue weighted by Gasteiger charge is 2.45. The highest BCUT2D eigenvalue weighted by Crippen LogP contribution is 2.32. The average Bonchev–Trinajstić information content (AvgIpc) is 3.02. The van der Waals surface area contributed by atoms with E-state index in [4.69, 9.17) is 16.3 Å². The fourth-order valence-corrected chi connectivity index (χ4v) is 3.31. The van der Waals surface area contributed by atoms with Gasteiger partial charge in [-0.25, -0.2) is 19.8 Å². The Balaban J connectivity index is 1.82. The van der Waals surface area contributed by atoms with E-state index < -0.39 is 12.3 Å². The summed E-state index contributed by atoms with van der Waals surface area (Å²) in [5.74, 6) is -0.866. The molecule has 0 spiro atoms. The number of carbonyl (C=O) groups excluding carboxylic acids is 2. The highest BCUT2D eigenvalue weighted by atomic mass is 35.5. The largest absolute Gasteiger partial charge is 0.460 e. The Hall–Kier alpha value is -3.26. The van der Waals surface area contributed by atoms with E-state index in [-0.39, 0.29) is 18.3 Å². The summed E-state index contributed by atoms with van der Waals surface area (Å²) < 4.78 is 5.15. The van der Waals surface area contributed by atoms with Crippen LogP contribution in [0.5, 0.6) is 0 Å². The average molecular weight is 400 g/mol. The van der Waals surface area contributed by atoms with E-state index in [1.807, 2.05) is 12.1 Å². The third-order valence-electron chi connectivity index (χ3n) is 4.49. The molecule has 28 heavy (non-hydrogen) atoms. The van der Waals surface area contributed by atoms with Crippen molar-refractivity contribution >= 4 is 40.7 Å². The van der Waals surface area contributed by atoms with E-state index in [1.54, 1.807) is 55.4 Å². The molecule has 1 atom stereocenters. The van der Waals surface area contributed by atoms with E-state index in [2.05, 4.69) is 10.4 Å². The van der Waals surface area contributed by atoms with Crippen molar-refractivity contribution in [2.45, 2.75) is 13.2 Å². The second kappa shape index (κ2) is 7.05. The lowest BCUT2D eigenvalue weighted by molar-refractivity contribution is -0.136. The van der Waals surface area contributed by atoms with Crippen LogP contribution in [-0.4, -0.2) is 47.7 Å². The van der Waals surface area contributed by atoms with Crippen molar-refractivity contribution in [2.24, 2.45) is 5.10 Å². The first-order valence-corrected chi connectivity index (χ1v) is 9.12. The van der Waals surface area contributed by atoms with Gasteiger partial charge in [0.25, 0.3) is 11.7 Å². The molecule has 0 aromatic heterocycles. The molecule has 144 valence electrons. The number of nitrogens with zero attached hydrogens (tertiary/aromatic N) is 4. The maximum absolute atomic E-state index is 13.0. The molecule has 2 heterocycles. The number of fused-ring (bicyclic) bond motifs is 2. The van der Waals surface area contributed by atoms with E-state index in [9.17, 15) is 9.59 Å². The van der Waals surface area contributed by atoms with Gasteiger partial charge in [-0.1, -0.05) is 23.7 Å². The maximum Gasteiger partial charge on any atom is 0.377 e. The smallest absolute Gasteiger partial charge is 0.377 e. The van der Waals surface area contributed by atoms with Crippen molar-refractivity contribution in [3.63, 3.8) is 0 Å². The van der Waals surface area contributed by atoms with Crippen LogP contribution in [0, 0.1) is 0 Å². The molecule has 4 rings (SSSR count). The van der Waals surface area contributed by atoms with Crippen molar-refractivity contribution in [1.29, 1.82) is 0 Å². The number of hydrogen-bond acceptors (Lipinski definition) is 7. The summed E-state index contributed by atoms with van der Waals surface area (Å²) in [5, 5.41) is 12.8. The summed E-state index contributed by atoms with van der Waals surface area (Å²) in [4.78, 5) is 25.6. The summed E-state index contributed by atoms with van der Waals surface area (Å²) in [6.07, 6.45) is -0.641. The molecule has 0 bridgehead atoms. The highest BCUT2D eigenvalue weighted by molar-refractivity contribution is 6.36. The Morgan fingerprint density at radius 3 is 2.64 bits per heavy atom. The van der Waals surface area contributed by atoms with Crippen LogP contribution < -0.4 is 10.3 Å². The molecular weight excluding hydrogens is 382 g/mol. The van der Waals surface area contributed by atoms with Crippen LogP contribution >= 0.6 is 11.6 Å². The Morgan fingerprint density at radius 1 is 1.21 bits per heavy atom. The van der Waals surface area contributed by atoms with E-state index in [0.29, 0.717) is 22.0 Å². The SMILES string of the molecule is CCOC(=O)C1=NN(c2ccc(Cl)cc2)C2Nc3ccccc3C(=O)N(C)N12. The van der Waals surface area contributed by atoms with Crippen molar-refractivity contribution in [1.82, 2.24) is 10.0 Å². The predicted molar refractivity (Wildman–Crippen MR) is 106 cm³/mol. The fourth-order valence-electron chi connectivity index (χ4n) is 3.18. The monoisotopic (exact) mass is 399 g/mol. The van der Waals surface area contributed by atoms with Crippen LogP contribution in [0.1, 0.15) is 17.3 Å². The second-order valence-corrected chi connectivity index (χ2v) is 6.64. The zero-order chi connectivity index (χ0) is 19.8. The Labute approximate surface area is 166 Å². The molecule has 8 nitrogen and oxygen atoms in total. The van der Waals surface area contributed by atoms with Crippen LogP contribution in [0.2, 0.25) is 5.02 Å². The standard InChI is InChI=1S/C19H18ClN5O3/c1-3-28-18(27)16-22-24(13-10-8-12(20)9-11-13)19-21-15-7-5-4-6-14(15)17(26)23(2)25(16)19/h4-11,19,21H,3H2,1-2H3. The molecule has 0 fully saturated rings. The number of benzene rings is 2. The summed E-state index contributed by atoms with van der Waals surface area (Å²) in [6, 6.07) is 14.2. The number of amidine groups is 1. The molecule has 0 aliphatic carbocycles. The number of hydrazone groups is 1. The third-order valence-corrected chi connectivity index (χ3v) is 4.74. The molecule has 2 aromatic rings. The number of anilines is 2. The van der Waals surface area contributed by atoms with Crippen LogP contribution in [0.15, 0.2) is 53.6 Å². The van der Waals surface area contributed by atoms with Gasteiger partial charge in [0.2, 0.25) is 6.29 Å². The molecule has 9 heteroatoms. The summed E-state index contributed by atoms with van der Waals surface area (Å²) in [6.45, 7) is 1.91. The number of esters is 1. The topological polar surface area (TPSA) is 77.5 Å². The molecule has 0 saturated heterocycles.